The third-order valence-electron chi connectivity index (χ3n) is 4.03. The molecule has 5 nitrogen and oxygen atoms in total. The van der Waals surface area contributed by atoms with Crippen LogP contribution in [-0.4, -0.2) is 23.8 Å². The van der Waals surface area contributed by atoms with Crippen LogP contribution in [0.2, 0.25) is 0 Å². The van der Waals surface area contributed by atoms with E-state index in [1.165, 1.54) is 31.2 Å². The fraction of sp³-hybridized carbons (Fsp3) is 0.286. The highest BCUT2D eigenvalue weighted by atomic mass is 19.1. The van der Waals surface area contributed by atoms with Crippen molar-refractivity contribution in [2.24, 2.45) is 0 Å². The Bertz CT molecular complexity index is 800. The third kappa shape index (κ3) is 6.33. The predicted octanol–water partition coefficient (Wildman–Crippen LogP) is 3.92. The average molecular weight is 371 g/mol. The minimum absolute atomic E-state index is 0.0721. The van der Waals surface area contributed by atoms with E-state index in [2.05, 4.69) is 5.32 Å². The lowest BCUT2D eigenvalue weighted by Crippen LogP contribution is -2.30. The second-order valence-corrected chi connectivity index (χ2v) is 6.10. The van der Waals surface area contributed by atoms with E-state index < -0.39 is 23.8 Å². The van der Waals surface area contributed by atoms with Gasteiger partial charge in [-0.1, -0.05) is 19.1 Å². The van der Waals surface area contributed by atoms with Gasteiger partial charge in [-0.2, -0.15) is 0 Å². The molecule has 0 aliphatic rings. The van der Waals surface area contributed by atoms with Crippen molar-refractivity contribution in [3.63, 3.8) is 0 Å². The molecule has 1 N–H and O–H groups in total. The van der Waals surface area contributed by atoms with E-state index in [0.717, 1.165) is 12.0 Å². The molecular formula is C21H22FNO4. The van der Waals surface area contributed by atoms with E-state index in [-0.39, 0.29) is 18.6 Å². The summed E-state index contributed by atoms with van der Waals surface area (Å²) < 4.78 is 17.9. The van der Waals surface area contributed by atoms with E-state index in [9.17, 15) is 18.8 Å². The Balaban J connectivity index is 1.78. The summed E-state index contributed by atoms with van der Waals surface area (Å²) >= 11 is 0. The second-order valence-electron chi connectivity index (χ2n) is 6.10. The second kappa shape index (κ2) is 9.62. The highest BCUT2D eigenvalue weighted by Crippen LogP contribution is 2.12. The number of nitrogens with one attached hydrogen (secondary N) is 1. The number of anilines is 1. The van der Waals surface area contributed by atoms with Gasteiger partial charge in [0.2, 0.25) is 0 Å². The molecule has 0 saturated carbocycles. The number of hydrogen-bond acceptors (Lipinski definition) is 4. The van der Waals surface area contributed by atoms with Crippen molar-refractivity contribution in [2.45, 2.75) is 39.2 Å². The van der Waals surface area contributed by atoms with Crippen molar-refractivity contribution < 1.29 is 23.5 Å². The van der Waals surface area contributed by atoms with Crippen molar-refractivity contribution in [1.82, 2.24) is 0 Å². The molecule has 1 amide bonds. The van der Waals surface area contributed by atoms with Crippen molar-refractivity contribution in [3.8, 4) is 0 Å². The lowest BCUT2D eigenvalue weighted by Gasteiger charge is -2.13. The lowest BCUT2D eigenvalue weighted by atomic mass is 10.1. The molecule has 0 spiro atoms. The number of esters is 1. The number of hydrogen-bond donors (Lipinski definition) is 1. The standard InChI is InChI=1S/C21H22FNO4/c1-3-15-4-10-18(11-5-15)23-21(26)14(2)27-20(25)13-12-19(24)16-6-8-17(22)9-7-16/h4-11,14H,3,12-13H2,1-2H3,(H,23,26)/t14-/m0/s1. The highest BCUT2D eigenvalue weighted by Gasteiger charge is 2.19. The van der Waals surface area contributed by atoms with Crippen molar-refractivity contribution in [3.05, 3.63) is 65.5 Å². The number of halogens is 1. The molecule has 2 aromatic rings. The Morgan fingerprint density at radius 3 is 2.22 bits per heavy atom. The van der Waals surface area contributed by atoms with Crippen molar-refractivity contribution >= 4 is 23.3 Å². The third-order valence-corrected chi connectivity index (χ3v) is 4.03. The summed E-state index contributed by atoms with van der Waals surface area (Å²) in [5.41, 5.74) is 2.09. The summed E-state index contributed by atoms with van der Waals surface area (Å²) in [5.74, 6) is -1.82. The number of aryl methyl sites for hydroxylation is 1. The van der Waals surface area contributed by atoms with Gasteiger partial charge >= 0.3 is 5.97 Å². The van der Waals surface area contributed by atoms with Gasteiger partial charge in [0.15, 0.2) is 11.9 Å². The Labute approximate surface area is 157 Å². The number of rotatable bonds is 8. The first kappa shape index (κ1) is 20.3. The Morgan fingerprint density at radius 1 is 1.00 bits per heavy atom. The summed E-state index contributed by atoms with van der Waals surface area (Å²) in [6.45, 7) is 3.51. The van der Waals surface area contributed by atoms with E-state index in [0.29, 0.717) is 11.3 Å². The van der Waals surface area contributed by atoms with Crippen LogP contribution in [0.25, 0.3) is 0 Å². The SMILES string of the molecule is CCc1ccc(NC(=O)[C@H](C)OC(=O)CCC(=O)c2ccc(F)cc2)cc1. The largest absolute Gasteiger partial charge is 0.453 e. The summed E-state index contributed by atoms with van der Waals surface area (Å²) in [7, 11) is 0. The first-order valence-corrected chi connectivity index (χ1v) is 8.77. The number of carbonyl (C=O) groups excluding carboxylic acids is 3. The van der Waals surface area contributed by atoms with Crippen LogP contribution in [-0.2, 0) is 20.7 Å². The zero-order valence-corrected chi connectivity index (χ0v) is 15.3. The smallest absolute Gasteiger partial charge is 0.307 e. The summed E-state index contributed by atoms with van der Waals surface area (Å²) in [4.78, 5) is 35.9. The van der Waals surface area contributed by atoms with E-state index in [1.54, 1.807) is 12.1 Å². The maximum Gasteiger partial charge on any atom is 0.307 e. The summed E-state index contributed by atoms with van der Waals surface area (Å²) in [6, 6.07) is 12.5. The van der Waals surface area contributed by atoms with Gasteiger partial charge in [0.1, 0.15) is 5.82 Å². The normalized spacial score (nSPS) is 11.5. The molecule has 0 saturated heterocycles. The number of carbonyl (C=O) groups is 3. The number of Topliss-reactive ketones (excluding diaryl/α,β-unsaturated/α-hetero) is 1. The van der Waals surface area contributed by atoms with Crippen LogP contribution < -0.4 is 5.32 Å². The summed E-state index contributed by atoms with van der Waals surface area (Å²) in [5, 5.41) is 2.68. The van der Waals surface area contributed by atoms with Crippen molar-refractivity contribution in [2.75, 3.05) is 5.32 Å². The van der Waals surface area contributed by atoms with Crippen LogP contribution in [0.5, 0.6) is 0 Å². The molecule has 0 bridgehead atoms. The molecule has 142 valence electrons. The molecule has 2 rings (SSSR count). The zero-order valence-electron chi connectivity index (χ0n) is 15.3. The number of ketones is 1. The van der Waals surface area contributed by atoms with Gasteiger partial charge in [0, 0.05) is 17.7 Å². The molecule has 0 radical (unpaired) electrons. The summed E-state index contributed by atoms with van der Waals surface area (Å²) in [6.07, 6.45) is -0.306. The van der Waals surface area contributed by atoms with Gasteiger partial charge in [0.05, 0.1) is 6.42 Å². The monoisotopic (exact) mass is 371 g/mol. The molecule has 0 aliphatic carbocycles. The van der Waals surface area contributed by atoms with E-state index >= 15 is 0 Å². The highest BCUT2D eigenvalue weighted by molar-refractivity contribution is 5.98. The van der Waals surface area contributed by atoms with Gasteiger partial charge in [-0.15, -0.1) is 0 Å². The Kier molecular flexibility index (Phi) is 7.23. The van der Waals surface area contributed by atoms with Gasteiger partial charge in [-0.25, -0.2) is 4.39 Å². The number of ether oxygens (including phenoxy) is 1. The molecular weight excluding hydrogens is 349 g/mol. The van der Waals surface area contributed by atoms with E-state index in [4.69, 9.17) is 4.74 Å². The minimum Gasteiger partial charge on any atom is -0.453 e. The zero-order chi connectivity index (χ0) is 19.8. The van der Waals surface area contributed by atoms with Crippen LogP contribution >= 0.6 is 0 Å². The average Bonchev–Trinajstić information content (AvgIpc) is 2.67. The van der Waals surface area contributed by atoms with Crippen molar-refractivity contribution in [1.29, 1.82) is 0 Å². The Hall–Kier alpha value is -3.02. The number of benzene rings is 2. The quantitative estimate of drug-likeness (QED) is 0.564. The van der Waals surface area contributed by atoms with Crippen LogP contribution in [0.15, 0.2) is 48.5 Å². The van der Waals surface area contributed by atoms with Gasteiger partial charge in [-0.05, 0) is 55.3 Å². The maximum atomic E-state index is 12.9. The molecule has 6 heteroatoms. The Morgan fingerprint density at radius 2 is 1.63 bits per heavy atom. The molecule has 27 heavy (non-hydrogen) atoms. The van der Waals surface area contributed by atoms with Crippen LogP contribution in [0.3, 0.4) is 0 Å². The van der Waals surface area contributed by atoms with Gasteiger partial charge in [-0.3, -0.25) is 14.4 Å². The molecule has 0 heterocycles. The fourth-order valence-corrected chi connectivity index (χ4v) is 2.37. The van der Waals surface area contributed by atoms with Crippen LogP contribution in [0, 0.1) is 5.82 Å². The fourth-order valence-electron chi connectivity index (χ4n) is 2.37. The van der Waals surface area contributed by atoms with Gasteiger partial charge < -0.3 is 10.1 Å². The molecule has 0 aliphatic heterocycles. The molecule has 2 aromatic carbocycles. The lowest BCUT2D eigenvalue weighted by molar-refractivity contribution is -0.153. The minimum atomic E-state index is -0.982. The maximum absolute atomic E-state index is 12.9. The van der Waals surface area contributed by atoms with E-state index in [1.807, 2.05) is 19.1 Å². The molecule has 0 unspecified atom stereocenters. The first-order valence-electron chi connectivity index (χ1n) is 8.77. The molecule has 0 aromatic heterocycles. The first-order chi connectivity index (χ1) is 12.9. The molecule has 1 atom stereocenters. The molecule has 0 fully saturated rings. The van der Waals surface area contributed by atoms with Crippen LogP contribution in [0.4, 0.5) is 10.1 Å². The number of amides is 1. The van der Waals surface area contributed by atoms with Crippen LogP contribution in [0.1, 0.15) is 42.6 Å². The van der Waals surface area contributed by atoms with Gasteiger partial charge in [0.25, 0.3) is 5.91 Å². The topological polar surface area (TPSA) is 72.5 Å². The predicted molar refractivity (Wildman–Crippen MR) is 100.0 cm³/mol.